The molecule has 0 saturated carbocycles. The Kier molecular flexibility index (Phi) is 6.30. The van der Waals surface area contributed by atoms with Crippen LogP contribution in [-0.2, 0) is 16.1 Å². The first-order valence-corrected chi connectivity index (χ1v) is 7.98. The quantitative estimate of drug-likeness (QED) is 0.870. The second-order valence-corrected chi connectivity index (χ2v) is 6.51. The minimum Gasteiger partial charge on any atom is -0.444 e. The van der Waals surface area contributed by atoms with Gasteiger partial charge in [0.2, 0.25) is 0 Å². The SMILES string of the molecule is CC(C)(C)OC(=O)N[C@@H](COCc1ccccc1)C(=O)n1ccnc1. The molecule has 0 aliphatic heterocycles. The number of benzene rings is 1. The molecular weight excluding hydrogens is 322 g/mol. The van der Waals surface area contributed by atoms with Crippen molar-refractivity contribution in [2.45, 2.75) is 39.0 Å². The van der Waals surface area contributed by atoms with E-state index in [4.69, 9.17) is 9.47 Å². The van der Waals surface area contributed by atoms with Crippen LogP contribution in [-0.4, -0.2) is 39.8 Å². The number of nitrogens with zero attached hydrogens (tertiary/aromatic N) is 2. The summed E-state index contributed by atoms with van der Waals surface area (Å²) < 4.78 is 12.1. The highest BCUT2D eigenvalue weighted by atomic mass is 16.6. The van der Waals surface area contributed by atoms with Crippen LogP contribution in [0.15, 0.2) is 49.1 Å². The Morgan fingerprint density at radius 1 is 1.24 bits per heavy atom. The van der Waals surface area contributed by atoms with Crippen molar-refractivity contribution in [1.29, 1.82) is 0 Å². The fourth-order valence-corrected chi connectivity index (χ4v) is 2.06. The zero-order valence-corrected chi connectivity index (χ0v) is 14.6. The van der Waals surface area contributed by atoms with Gasteiger partial charge in [-0.05, 0) is 26.3 Å². The minimum atomic E-state index is -0.882. The van der Waals surface area contributed by atoms with E-state index < -0.39 is 17.7 Å². The van der Waals surface area contributed by atoms with Crippen LogP contribution in [0.1, 0.15) is 31.1 Å². The van der Waals surface area contributed by atoms with Gasteiger partial charge in [0.05, 0.1) is 13.2 Å². The lowest BCUT2D eigenvalue weighted by Crippen LogP contribution is -2.47. The number of imidazole rings is 1. The number of hydrogen-bond donors (Lipinski definition) is 1. The van der Waals surface area contributed by atoms with E-state index >= 15 is 0 Å². The maximum absolute atomic E-state index is 12.5. The maximum Gasteiger partial charge on any atom is 0.408 e. The van der Waals surface area contributed by atoms with E-state index in [1.54, 1.807) is 20.8 Å². The van der Waals surface area contributed by atoms with Gasteiger partial charge in [0.1, 0.15) is 18.0 Å². The van der Waals surface area contributed by atoms with Crippen LogP contribution in [0, 0.1) is 0 Å². The molecule has 0 unspecified atom stereocenters. The number of hydrogen-bond acceptors (Lipinski definition) is 5. The molecule has 2 rings (SSSR count). The molecule has 1 N–H and O–H groups in total. The second-order valence-electron chi connectivity index (χ2n) is 6.51. The normalized spacial score (nSPS) is 12.4. The highest BCUT2D eigenvalue weighted by Gasteiger charge is 2.25. The molecular formula is C18H23N3O4. The smallest absolute Gasteiger partial charge is 0.408 e. The third-order valence-corrected chi connectivity index (χ3v) is 3.14. The predicted molar refractivity (Wildman–Crippen MR) is 92.1 cm³/mol. The summed E-state index contributed by atoms with van der Waals surface area (Å²) in [7, 11) is 0. The Balaban J connectivity index is 1.98. The third-order valence-electron chi connectivity index (χ3n) is 3.14. The van der Waals surface area contributed by atoms with Crippen molar-refractivity contribution in [1.82, 2.24) is 14.9 Å². The van der Waals surface area contributed by atoms with Gasteiger partial charge in [-0.2, -0.15) is 0 Å². The van der Waals surface area contributed by atoms with Crippen molar-refractivity contribution < 1.29 is 19.1 Å². The molecule has 7 nitrogen and oxygen atoms in total. The van der Waals surface area contributed by atoms with E-state index in [1.807, 2.05) is 30.3 Å². The number of rotatable bonds is 6. The standard InChI is InChI=1S/C18H23N3O4/c1-18(2,3)25-17(23)20-15(16(22)21-10-9-19-13-21)12-24-11-14-7-5-4-6-8-14/h4-10,13,15H,11-12H2,1-3H3,(H,20,23)/t15-/m0/s1. The van der Waals surface area contributed by atoms with Crippen LogP contribution in [0.5, 0.6) is 0 Å². The summed E-state index contributed by atoms with van der Waals surface area (Å²) in [4.78, 5) is 28.4. The van der Waals surface area contributed by atoms with Gasteiger partial charge in [-0.1, -0.05) is 30.3 Å². The summed E-state index contributed by atoms with van der Waals surface area (Å²) in [6.07, 6.45) is 3.72. The fourth-order valence-electron chi connectivity index (χ4n) is 2.06. The van der Waals surface area contributed by atoms with E-state index in [1.165, 1.54) is 23.3 Å². The van der Waals surface area contributed by atoms with Crippen LogP contribution in [0.4, 0.5) is 4.79 Å². The number of carbonyl (C=O) groups excluding carboxylic acids is 2. The topological polar surface area (TPSA) is 82.5 Å². The average Bonchev–Trinajstić information content (AvgIpc) is 3.07. The molecule has 0 aliphatic rings. The van der Waals surface area contributed by atoms with Gasteiger partial charge in [-0.3, -0.25) is 9.36 Å². The van der Waals surface area contributed by atoms with Gasteiger partial charge in [0.25, 0.3) is 5.91 Å². The number of aromatic nitrogens is 2. The van der Waals surface area contributed by atoms with Gasteiger partial charge in [-0.25, -0.2) is 9.78 Å². The van der Waals surface area contributed by atoms with Crippen LogP contribution >= 0.6 is 0 Å². The Hall–Kier alpha value is -2.67. The number of amides is 1. The first-order chi connectivity index (χ1) is 11.8. The van der Waals surface area contributed by atoms with Gasteiger partial charge in [0, 0.05) is 12.4 Å². The van der Waals surface area contributed by atoms with Crippen LogP contribution in [0.25, 0.3) is 0 Å². The second kappa shape index (κ2) is 8.43. The Bertz CT molecular complexity index is 678. The van der Waals surface area contributed by atoms with Gasteiger partial charge in [-0.15, -0.1) is 0 Å². The highest BCUT2D eigenvalue weighted by Crippen LogP contribution is 2.08. The average molecular weight is 345 g/mol. The molecule has 1 aromatic heterocycles. The van der Waals surface area contributed by atoms with E-state index in [0.29, 0.717) is 6.61 Å². The van der Waals surface area contributed by atoms with Crippen molar-refractivity contribution in [2.75, 3.05) is 6.61 Å². The number of alkyl carbamates (subject to hydrolysis) is 1. The van der Waals surface area contributed by atoms with Gasteiger partial charge in [0.15, 0.2) is 0 Å². The summed E-state index contributed by atoms with van der Waals surface area (Å²) in [5.41, 5.74) is 0.325. The number of ether oxygens (including phenoxy) is 2. The van der Waals surface area contributed by atoms with Crippen molar-refractivity contribution in [3.8, 4) is 0 Å². The Morgan fingerprint density at radius 3 is 2.56 bits per heavy atom. The zero-order chi connectivity index (χ0) is 18.3. The molecule has 1 atom stereocenters. The van der Waals surface area contributed by atoms with E-state index in [-0.39, 0.29) is 12.5 Å². The van der Waals surface area contributed by atoms with Crippen LogP contribution in [0.2, 0.25) is 0 Å². The molecule has 0 bridgehead atoms. The first kappa shape index (κ1) is 18.7. The molecule has 25 heavy (non-hydrogen) atoms. The van der Waals surface area contributed by atoms with Crippen LogP contribution in [0.3, 0.4) is 0 Å². The number of carbonyl (C=O) groups is 2. The molecule has 7 heteroatoms. The van der Waals surface area contributed by atoms with E-state index in [0.717, 1.165) is 5.56 Å². The lowest BCUT2D eigenvalue weighted by molar-refractivity contribution is 0.0390. The molecule has 1 heterocycles. The molecule has 1 aromatic carbocycles. The monoisotopic (exact) mass is 345 g/mol. The first-order valence-electron chi connectivity index (χ1n) is 7.98. The highest BCUT2D eigenvalue weighted by molar-refractivity contribution is 5.87. The lowest BCUT2D eigenvalue weighted by atomic mass is 10.2. The Morgan fingerprint density at radius 2 is 1.96 bits per heavy atom. The molecule has 0 spiro atoms. The molecule has 0 radical (unpaired) electrons. The van der Waals surface area contributed by atoms with Gasteiger partial charge >= 0.3 is 6.09 Å². The number of nitrogens with one attached hydrogen (secondary N) is 1. The maximum atomic E-state index is 12.5. The molecule has 0 fully saturated rings. The third kappa shape index (κ3) is 6.39. The Labute approximate surface area is 147 Å². The van der Waals surface area contributed by atoms with Crippen molar-refractivity contribution in [3.63, 3.8) is 0 Å². The van der Waals surface area contributed by atoms with Gasteiger partial charge < -0.3 is 14.8 Å². The van der Waals surface area contributed by atoms with Crippen molar-refractivity contribution in [3.05, 3.63) is 54.6 Å². The molecule has 134 valence electrons. The predicted octanol–water partition coefficient (Wildman–Crippen LogP) is 2.63. The molecule has 0 aliphatic carbocycles. The lowest BCUT2D eigenvalue weighted by Gasteiger charge is -2.23. The summed E-state index contributed by atoms with van der Waals surface area (Å²) in [5.74, 6) is -0.351. The summed E-state index contributed by atoms with van der Waals surface area (Å²) in [5, 5.41) is 2.56. The molecule has 1 amide bonds. The van der Waals surface area contributed by atoms with E-state index in [2.05, 4.69) is 10.3 Å². The summed E-state index contributed by atoms with van der Waals surface area (Å²) in [6.45, 7) is 5.62. The van der Waals surface area contributed by atoms with Crippen molar-refractivity contribution in [2.24, 2.45) is 0 Å². The largest absolute Gasteiger partial charge is 0.444 e. The van der Waals surface area contributed by atoms with Crippen molar-refractivity contribution >= 4 is 12.0 Å². The fraction of sp³-hybridized carbons (Fsp3) is 0.389. The van der Waals surface area contributed by atoms with Crippen LogP contribution < -0.4 is 5.32 Å². The molecule has 0 saturated heterocycles. The summed E-state index contributed by atoms with van der Waals surface area (Å²) in [6, 6.07) is 8.70. The zero-order valence-electron chi connectivity index (χ0n) is 14.6. The van der Waals surface area contributed by atoms with E-state index in [9.17, 15) is 9.59 Å². The summed E-state index contributed by atoms with van der Waals surface area (Å²) >= 11 is 0. The minimum absolute atomic E-state index is 0.0190. The molecule has 2 aromatic rings.